The molecule has 3 rings (SSSR count). The molecule has 0 atom stereocenters. The van der Waals surface area contributed by atoms with E-state index in [0.29, 0.717) is 11.4 Å². The molecule has 0 fully saturated rings. The second-order valence-corrected chi connectivity index (χ2v) is 5.05. The maximum Gasteiger partial charge on any atom is 0.138 e. The van der Waals surface area contributed by atoms with Gasteiger partial charge in [-0.3, -0.25) is 0 Å². The van der Waals surface area contributed by atoms with Crippen molar-refractivity contribution in [2.45, 2.75) is 0 Å². The van der Waals surface area contributed by atoms with Crippen LogP contribution in [0.25, 0.3) is 20.8 Å². The highest BCUT2D eigenvalue weighted by Gasteiger charge is 2.08. The predicted octanol–water partition coefficient (Wildman–Crippen LogP) is 2.83. The van der Waals surface area contributed by atoms with E-state index >= 15 is 0 Å². The lowest BCUT2D eigenvalue weighted by molar-refractivity contribution is 0.478. The van der Waals surface area contributed by atoms with E-state index in [1.165, 1.54) is 0 Å². The summed E-state index contributed by atoms with van der Waals surface area (Å²) in [4.78, 5) is 4.52. The first-order valence-electron chi connectivity index (χ1n) is 5.38. The van der Waals surface area contributed by atoms with Crippen LogP contribution in [-0.4, -0.2) is 10.1 Å². The number of rotatable bonds is 1. The molecule has 5 N–H and O–H groups in total. The highest BCUT2D eigenvalue weighted by molar-refractivity contribution is 7.21. The normalized spacial score (nSPS) is 10.9. The van der Waals surface area contributed by atoms with Crippen molar-refractivity contribution in [2.75, 3.05) is 11.5 Å². The monoisotopic (exact) mass is 257 g/mol. The molecule has 0 radical (unpaired) electrons. The first-order chi connectivity index (χ1) is 8.63. The fraction of sp³-hybridized carbons (Fsp3) is 0. The fourth-order valence-corrected chi connectivity index (χ4v) is 2.70. The van der Waals surface area contributed by atoms with Gasteiger partial charge in [-0.05, 0) is 36.4 Å². The Kier molecular flexibility index (Phi) is 2.34. The van der Waals surface area contributed by atoms with E-state index in [1.807, 2.05) is 18.2 Å². The molecule has 1 aromatic heterocycles. The molecule has 4 nitrogen and oxygen atoms in total. The zero-order chi connectivity index (χ0) is 12.7. The summed E-state index contributed by atoms with van der Waals surface area (Å²) in [5, 5.41) is 10.3. The molecule has 18 heavy (non-hydrogen) atoms. The van der Waals surface area contributed by atoms with Crippen molar-refractivity contribution in [1.29, 1.82) is 0 Å². The SMILES string of the molecule is Nc1ccc2sc(-c3ccc(O)c(N)c3)nc2c1. The zero-order valence-electron chi connectivity index (χ0n) is 9.42. The van der Waals surface area contributed by atoms with Crippen LogP contribution in [0.2, 0.25) is 0 Å². The van der Waals surface area contributed by atoms with Crippen LogP contribution >= 0.6 is 11.3 Å². The summed E-state index contributed by atoms with van der Waals surface area (Å²) in [6, 6.07) is 10.7. The zero-order valence-corrected chi connectivity index (χ0v) is 10.2. The summed E-state index contributed by atoms with van der Waals surface area (Å²) in [5.41, 5.74) is 14.2. The van der Waals surface area contributed by atoms with Gasteiger partial charge in [0, 0.05) is 11.3 Å². The number of thiazole rings is 1. The fourth-order valence-electron chi connectivity index (χ4n) is 1.76. The van der Waals surface area contributed by atoms with Gasteiger partial charge in [-0.1, -0.05) is 0 Å². The number of nitrogens with zero attached hydrogens (tertiary/aromatic N) is 1. The minimum atomic E-state index is 0.0871. The first-order valence-corrected chi connectivity index (χ1v) is 6.20. The lowest BCUT2D eigenvalue weighted by Gasteiger charge is -2.00. The number of aromatic nitrogens is 1. The van der Waals surface area contributed by atoms with Gasteiger partial charge in [-0.25, -0.2) is 4.98 Å². The molecule has 3 aromatic rings. The lowest BCUT2D eigenvalue weighted by atomic mass is 10.2. The van der Waals surface area contributed by atoms with Crippen LogP contribution in [0, 0.1) is 0 Å². The van der Waals surface area contributed by atoms with E-state index in [4.69, 9.17) is 11.5 Å². The Bertz CT molecular complexity index is 736. The molecular weight excluding hydrogens is 246 g/mol. The Balaban J connectivity index is 2.16. The van der Waals surface area contributed by atoms with Gasteiger partial charge in [0.15, 0.2) is 0 Å². The number of phenols is 1. The Hall–Kier alpha value is -2.27. The molecule has 90 valence electrons. The van der Waals surface area contributed by atoms with Gasteiger partial charge < -0.3 is 16.6 Å². The summed E-state index contributed by atoms with van der Waals surface area (Å²) in [6.07, 6.45) is 0. The van der Waals surface area contributed by atoms with Crippen molar-refractivity contribution in [3.8, 4) is 16.3 Å². The second kappa shape index (κ2) is 3.89. The highest BCUT2D eigenvalue weighted by atomic mass is 32.1. The van der Waals surface area contributed by atoms with Gasteiger partial charge in [-0.15, -0.1) is 11.3 Å². The largest absolute Gasteiger partial charge is 0.506 e. The third kappa shape index (κ3) is 1.74. The number of phenolic OH excluding ortho intramolecular Hbond substituents is 1. The van der Waals surface area contributed by atoms with Crippen molar-refractivity contribution in [3.05, 3.63) is 36.4 Å². The maximum absolute atomic E-state index is 9.41. The van der Waals surface area contributed by atoms with E-state index in [1.54, 1.807) is 29.5 Å². The van der Waals surface area contributed by atoms with E-state index in [-0.39, 0.29) is 5.75 Å². The molecule has 0 saturated carbocycles. The molecule has 0 unspecified atom stereocenters. The molecular formula is C13H11N3OS. The highest BCUT2D eigenvalue weighted by Crippen LogP contribution is 2.33. The van der Waals surface area contributed by atoms with Crippen LogP contribution in [0.1, 0.15) is 0 Å². The van der Waals surface area contributed by atoms with Crippen molar-refractivity contribution in [2.24, 2.45) is 0 Å². The van der Waals surface area contributed by atoms with Gasteiger partial charge >= 0.3 is 0 Å². The average molecular weight is 257 g/mol. The van der Waals surface area contributed by atoms with Crippen LogP contribution in [0.15, 0.2) is 36.4 Å². The first kappa shape index (κ1) is 10.9. The van der Waals surface area contributed by atoms with E-state index in [9.17, 15) is 5.11 Å². The number of nitrogens with two attached hydrogens (primary N) is 2. The van der Waals surface area contributed by atoms with Crippen molar-refractivity contribution in [1.82, 2.24) is 4.98 Å². The summed E-state index contributed by atoms with van der Waals surface area (Å²) < 4.78 is 1.07. The van der Waals surface area contributed by atoms with E-state index in [2.05, 4.69) is 4.98 Å². The Morgan fingerprint density at radius 1 is 1.06 bits per heavy atom. The number of aromatic hydroxyl groups is 1. The molecule has 2 aromatic carbocycles. The third-order valence-corrected chi connectivity index (χ3v) is 3.77. The van der Waals surface area contributed by atoms with Crippen LogP contribution < -0.4 is 11.5 Å². The minimum absolute atomic E-state index is 0.0871. The molecule has 0 aliphatic heterocycles. The smallest absolute Gasteiger partial charge is 0.138 e. The van der Waals surface area contributed by atoms with Gasteiger partial charge in [0.2, 0.25) is 0 Å². The van der Waals surface area contributed by atoms with Crippen LogP contribution in [0.4, 0.5) is 11.4 Å². The summed E-state index contributed by atoms with van der Waals surface area (Å²) in [5.74, 6) is 0.0871. The quantitative estimate of drug-likeness (QED) is 0.462. The van der Waals surface area contributed by atoms with Crippen molar-refractivity contribution in [3.63, 3.8) is 0 Å². The Morgan fingerprint density at radius 2 is 1.89 bits per heavy atom. The van der Waals surface area contributed by atoms with Crippen molar-refractivity contribution >= 4 is 32.9 Å². The number of fused-ring (bicyclic) bond motifs is 1. The standard InChI is InChI=1S/C13H11N3OS/c14-8-2-4-12-10(6-8)16-13(18-12)7-1-3-11(17)9(15)5-7/h1-6,17H,14-15H2. The van der Waals surface area contributed by atoms with E-state index in [0.717, 1.165) is 20.8 Å². The molecule has 0 saturated heterocycles. The number of anilines is 2. The number of benzene rings is 2. The van der Waals surface area contributed by atoms with Crippen LogP contribution in [-0.2, 0) is 0 Å². The molecule has 0 spiro atoms. The van der Waals surface area contributed by atoms with E-state index < -0.39 is 0 Å². The van der Waals surface area contributed by atoms with Gasteiger partial charge in [-0.2, -0.15) is 0 Å². The van der Waals surface area contributed by atoms with Gasteiger partial charge in [0.1, 0.15) is 10.8 Å². The van der Waals surface area contributed by atoms with Crippen molar-refractivity contribution < 1.29 is 5.11 Å². The minimum Gasteiger partial charge on any atom is -0.506 e. The average Bonchev–Trinajstić information content (AvgIpc) is 2.75. The molecule has 0 bridgehead atoms. The summed E-state index contributed by atoms with van der Waals surface area (Å²) in [6.45, 7) is 0. The molecule has 0 amide bonds. The molecule has 5 heteroatoms. The predicted molar refractivity (Wildman–Crippen MR) is 75.5 cm³/mol. The maximum atomic E-state index is 9.41. The lowest BCUT2D eigenvalue weighted by Crippen LogP contribution is -1.86. The van der Waals surface area contributed by atoms with Gasteiger partial charge in [0.05, 0.1) is 15.9 Å². The van der Waals surface area contributed by atoms with Gasteiger partial charge in [0.25, 0.3) is 0 Å². The molecule has 1 heterocycles. The van der Waals surface area contributed by atoms with Crippen LogP contribution in [0.3, 0.4) is 0 Å². The Labute approximate surface area is 108 Å². The number of nitrogen functional groups attached to an aromatic ring is 2. The number of hydrogen-bond acceptors (Lipinski definition) is 5. The Morgan fingerprint density at radius 3 is 2.67 bits per heavy atom. The second-order valence-electron chi connectivity index (χ2n) is 4.02. The molecule has 0 aliphatic rings. The number of hydrogen-bond donors (Lipinski definition) is 3. The molecule has 0 aliphatic carbocycles. The topological polar surface area (TPSA) is 85.2 Å². The summed E-state index contributed by atoms with van der Waals surface area (Å²) >= 11 is 1.57. The van der Waals surface area contributed by atoms with Crippen LogP contribution in [0.5, 0.6) is 5.75 Å². The summed E-state index contributed by atoms with van der Waals surface area (Å²) in [7, 11) is 0. The third-order valence-electron chi connectivity index (χ3n) is 2.69.